The van der Waals surface area contributed by atoms with E-state index in [9.17, 15) is 18.4 Å². The lowest BCUT2D eigenvalue weighted by Crippen LogP contribution is -2.34. The molecule has 6 rings (SSSR count). The fourth-order valence-electron chi connectivity index (χ4n) is 5.96. The number of fused-ring (bicyclic) bond motifs is 3. The maximum absolute atomic E-state index is 13.8. The lowest BCUT2D eigenvalue weighted by atomic mass is 10.0. The minimum absolute atomic E-state index is 0.0268. The van der Waals surface area contributed by atoms with Gasteiger partial charge in [0.25, 0.3) is 11.5 Å². The highest BCUT2D eigenvalue weighted by Gasteiger charge is 2.23. The van der Waals surface area contributed by atoms with Crippen LogP contribution in [0.5, 0.6) is 0 Å². The summed E-state index contributed by atoms with van der Waals surface area (Å²) in [5, 5.41) is 3.68. The number of nitrogens with one attached hydrogen (secondary N) is 1. The fourth-order valence-corrected chi connectivity index (χ4v) is 5.96. The molecular weight excluding hydrogens is 562 g/mol. The molecule has 0 radical (unpaired) electrons. The van der Waals surface area contributed by atoms with Gasteiger partial charge in [-0.05, 0) is 94.9 Å². The van der Waals surface area contributed by atoms with Crippen molar-refractivity contribution in [1.29, 1.82) is 0 Å². The monoisotopic (exact) mass is 594 g/mol. The number of hydrogen-bond donors (Lipinski definition) is 1. The van der Waals surface area contributed by atoms with Crippen LogP contribution in [-0.4, -0.2) is 56.6 Å². The molecule has 1 atom stereocenters. The molecule has 0 unspecified atom stereocenters. The summed E-state index contributed by atoms with van der Waals surface area (Å²) in [6.45, 7) is 5.83. The van der Waals surface area contributed by atoms with Crippen LogP contribution in [0.3, 0.4) is 0 Å². The van der Waals surface area contributed by atoms with Crippen molar-refractivity contribution >= 4 is 27.8 Å². The Labute approximate surface area is 253 Å². The van der Waals surface area contributed by atoms with Crippen LogP contribution >= 0.6 is 0 Å². The lowest BCUT2D eigenvalue weighted by molar-refractivity contribution is 0.0956. The largest absolute Gasteiger partial charge is 0.341 e. The highest BCUT2D eigenvalue weighted by atomic mass is 19.2. The summed E-state index contributed by atoms with van der Waals surface area (Å²) >= 11 is 0. The third kappa shape index (κ3) is 5.58. The number of nitrogens with zero attached hydrogens (tertiary/aromatic N) is 5. The molecule has 44 heavy (non-hydrogen) atoms. The molecule has 1 aliphatic heterocycles. The first-order chi connectivity index (χ1) is 21.2. The van der Waals surface area contributed by atoms with Crippen molar-refractivity contribution in [1.82, 2.24) is 29.3 Å². The van der Waals surface area contributed by atoms with E-state index in [1.807, 2.05) is 31.3 Å². The minimum Gasteiger partial charge on any atom is -0.341 e. The number of aryl methyl sites for hydroxylation is 1. The molecule has 1 fully saturated rings. The molecule has 0 saturated carbocycles. The summed E-state index contributed by atoms with van der Waals surface area (Å²) in [5.41, 5.74) is 3.36. The molecule has 2 aromatic carbocycles. The number of aromatic nitrogens is 4. The van der Waals surface area contributed by atoms with E-state index in [1.165, 1.54) is 22.9 Å². The first-order valence-electron chi connectivity index (χ1n) is 14.6. The second-order valence-corrected chi connectivity index (χ2v) is 11.3. The van der Waals surface area contributed by atoms with Gasteiger partial charge in [0, 0.05) is 23.2 Å². The normalized spacial score (nSPS) is 14.8. The number of pyridine rings is 2. The summed E-state index contributed by atoms with van der Waals surface area (Å²) in [5.74, 6) is 4.53. The first-order valence-corrected chi connectivity index (χ1v) is 14.6. The topological polar surface area (TPSA) is 85.0 Å². The van der Waals surface area contributed by atoms with Gasteiger partial charge >= 0.3 is 0 Å². The van der Waals surface area contributed by atoms with E-state index < -0.39 is 29.1 Å². The number of imidazole rings is 1. The van der Waals surface area contributed by atoms with E-state index >= 15 is 0 Å². The standard InChI is InChI=1S/C34H32F2N6O2/c1-21(24-9-10-28(35)29(36)19-24)41-15-5-7-26(34(41)44)33(43)37-14-4-6-23-8-11-30-27(18-23)32-31(20-38-30)39-22(2)42(32)25-12-16-40(3)17-13-25/h5,7-11,15,18-21,25H,12-14,16-17H2,1-3H3,(H,37,43)/t21-/m1/s1. The number of carbonyl (C=O) groups excluding carboxylic acids is 1. The molecule has 1 saturated heterocycles. The minimum atomic E-state index is -1.00. The van der Waals surface area contributed by atoms with Gasteiger partial charge in [-0.3, -0.25) is 14.6 Å². The Morgan fingerprint density at radius 1 is 1.09 bits per heavy atom. The third-order valence-corrected chi connectivity index (χ3v) is 8.38. The van der Waals surface area contributed by atoms with E-state index in [0.29, 0.717) is 11.6 Å². The molecule has 224 valence electrons. The Kier molecular flexibility index (Phi) is 7.97. The van der Waals surface area contributed by atoms with E-state index in [1.54, 1.807) is 13.0 Å². The SMILES string of the molecule is Cc1nc2cnc3ccc(C#CCNC(=O)c4cccn([C@H](C)c5ccc(F)c(F)c5)c4=O)cc3c2n1C1CCN(C)CC1. The van der Waals surface area contributed by atoms with E-state index in [2.05, 4.69) is 38.7 Å². The molecule has 0 bridgehead atoms. The van der Waals surface area contributed by atoms with Crippen LogP contribution in [0, 0.1) is 30.4 Å². The fraction of sp³-hybridized carbons (Fsp3) is 0.294. The first kappa shape index (κ1) is 29.2. The zero-order valence-corrected chi connectivity index (χ0v) is 24.8. The van der Waals surface area contributed by atoms with Gasteiger partial charge in [0.05, 0.1) is 29.8 Å². The number of hydrogen-bond acceptors (Lipinski definition) is 5. The van der Waals surface area contributed by atoms with E-state index in [4.69, 9.17) is 4.98 Å². The van der Waals surface area contributed by atoms with Crippen LogP contribution in [0.15, 0.2) is 65.7 Å². The number of likely N-dealkylation sites (tertiary alicyclic amines) is 1. The van der Waals surface area contributed by atoms with Gasteiger partial charge in [-0.15, -0.1) is 0 Å². The Balaban J connectivity index is 1.20. The molecule has 1 amide bonds. The molecular formula is C34H32F2N6O2. The number of carbonyl (C=O) groups is 1. The Morgan fingerprint density at radius 3 is 2.66 bits per heavy atom. The highest BCUT2D eigenvalue weighted by Crippen LogP contribution is 2.32. The summed E-state index contributed by atoms with van der Waals surface area (Å²) < 4.78 is 30.8. The quantitative estimate of drug-likeness (QED) is 0.290. The molecule has 5 aromatic rings. The summed E-state index contributed by atoms with van der Waals surface area (Å²) in [6, 6.07) is 12.1. The van der Waals surface area contributed by atoms with Crippen molar-refractivity contribution in [3.05, 3.63) is 105 Å². The molecule has 8 nitrogen and oxygen atoms in total. The number of halogens is 2. The lowest BCUT2D eigenvalue weighted by Gasteiger charge is -2.31. The molecule has 1 aliphatic rings. The van der Waals surface area contributed by atoms with Gasteiger partial charge in [-0.25, -0.2) is 13.8 Å². The molecule has 10 heteroatoms. The van der Waals surface area contributed by atoms with Gasteiger partial charge < -0.3 is 19.4 Å². The summed E-state index contributed by atoms with van der Waals surface area (Å²) in [6.07, 6.45) is 5.45. The smallest absolute Gasteiger partial charge is 0.263 e. The number of amides is 1. The van der Waals surface area contributed by atoms with Gasteiger partial charge in [0.1, 0.15) is 16.9 Å². The van der Waals surface area contributed by atoms with Crippen molar-refractivity contribution in [3.63, 3.8) is 0 Å². The average Bonchev–Trinajstić information content (AvgIpc) is 3.37. The van der Waals surface area contributed by atoms with Crippen molar-refractivity contribution < 1.29 is 13.6 Å². The van der Waals surface area contributed by atoms with Crippen molar-refractivity contribution in [3.8, 4) is 11.8 Å². The Bertz CT molecular complexity index is 2010. The molecule has 4 heterocycles. The highest BCUT2D eigenvalue weighted by molar-refractivity contribution is 6.03. The summed E-state index contributed by atoms with van der Waals surface area (Å²) in [4.78, 5) is 37.8. The predicted octanol–water partition coefficient (Wildman–Crippen LogP) is 4.99. The second kappa shape index (κ2) is 12.0. The Morgan fingerprint density at radius 2 is 1.89 bits per heavy atom. The molecule has 0 aliphatic carbocycles. The second-order valence-electron chi connectivity index (χ2n) is 11.3. The van der Waals surface area contributed by atoms with Crippen LogP contribution in [0.25, 0.3) is 21.9 Å². The zero-order chi connectivity index (χ0) is 31.0. The third-order valence-electron chi connectivity index (χ3n) is 8.38. The van der Waals surface area contributed by atoms with E-state index in [-0.39, 0.29) is 12.1 Å². The van der Waals surface area contributed by atoms with Crippen molar-refractivity contribution in [2.24, 2.45) is 0 Å². The molecule has 3 aromatic heterocycles. The zero-order valence-electron chi connectivity index (χ0n) is 24.8. The van der Waals surface area contributed by atoms with Crippen LogP contribution in [0.4, 0.5) is 8.78 Å². The van der Waals surface area contributed by atoms with Crippen LogP contribution in [0.2, 0.25) is 0 Å². The van der Waals surface area contributed by atoms with Crippen LogP contribution in [-0.2, 0) is 0 Å². The maximum Gasteiger partial charge on any atom is 0.263 e. The molecule has 0 spiro atoms. The van der Waals surface area contributed by atoms with Gasteiger partial charge in [0.15, 0.2) is 11.6 Å². The summed E-state index contributed by atoms with van der Waals surface area (Å²) in [7, 11) is 2.15. The van der Waals surface area contributed by atoms with Gasteiger partial charge in [-0.1, -0.05) is 17.9 Å². The number of benzene rings is 2. The van der Waals surface area contributed by atoms with Gasteiger partial charge in [-0.2, -0.15) is 0 Å². The average molecular weight is 595 g/mol. The van der Waals surface area contributed by atoms with Crippen LogP contribution in [0.1, 0.15) is 59.2 Å². The van der Waals surface area contributed by atoms with E-state index in [0.717, 1.165) is 71.4 Å². The van der Waals surface area contributed by atoms with Crippen LogP contribution < -0.4 is 10.9 Å². The van der Waals surface area contributed by atoms with Gasteiger partial charge in [0.2, 0.25) is 0 Å². The Hall–Kier alpha value is -4.88. The molecule has 1 N–H and O–H groups in total. The predicted molar refractivity (Wildman–Crippen MR) is 166 cm³/mol. The van der Waals surface area contributed by atoms with Crippen molar-refractivity contribution in [2.45, 2.75) is 38.8 Å². The number of piperidine rings is 1. The number of rotatable bonds is 5. The van der Waals surface area contributed by atoms with Crippen molar-refractivity contribution in [2.75, 3.05) is 26.7 Å². The maximum atomic E-state index is 13.8.